The van der Waals surface area contributed by atoms with Gasteiger partial charge in [-0.05, 0) is 32.1 Å². The fraction of sp³-hybridized carbons (Fsp3) is 0.533. The largest absolute Gasteiger partial charge is 0.493 e. The number of imidazole rings is 1. The van der Waals surface area contributed by atoms with E-state index < -0.39 is 0 Å². The normalized spacial score (nSPS) is 14.9. The minimum Gasteiger partial charge on any atom is -0.493 e. The lowest BCUT2D eigenvalue weighted by atomic mass is 10.2. The number of hydrogen-bond acceptors (Lipinski definition) is 4. The molecule has 0 atom stereocenters. The molecule has 0 amide bonds. The number of fused-ring (bicyclic) bond motifs is 1. The van der Waals surface area contributed by atoms with E-state index in [1.807, 2.05) is 12.1 Å². The van der Waals surface area contributed by atoms with E-state index in [1.54, 1.807) is 14.2 Å². The zero-order valence-corrected chi connectivity index (χ0v) is 13.5. The Bertz CT molecular complexity index is 703. The Kier molecular flexibility index (Phi) is 3.91. The van der Waals surface area contributed by atoms with Gasteiger partial charge in [0, 0.05) is 31.3 Å². The highest BCUT2D eigenvalue weighted by Gasteiger charge is 2.25. The van der Waals surface area contributed by atoms with Crippen LogP contribution in [-0.4, -0.2) is 48.3 Å². The van der Waals surface area contributed by atoms with Crippen LogP contribution in [-0.2, 0) is 6.54 Å². The first kappa shape index (κ1) is 14.4. The van der Waals surface area contributed by atoms with Crippen LogP contribution in [0.5, 0.6) is 11.5 Å². The smallest absolute Gasteiger partial charge is 0.178 e. The molecule has 0 radical (unpaired) electrons. The van der Waals surface area contributed by atoms with E-state index >= 15 is 0 Å². The highest BCUT2D eigenvalue weighted by atomic mass is 32.1. The standard InChI is InChI=1S/C15H21N3O2S/c1-17(10-4-5-10)6-7-18-12-9-14(20-3)13(19-2)8-11(12)16-15(18)21/h8-10H,4-7H2,1-3H3,(H,16,21). The van der Waals surface area contributed by atoms with Crippen LogP contribution in [0.4, 0.5) is 0 Å². The van der Waals surface area contributed by atoms with E-state index in [-0.39, 0.29) is 0 Å². The van der Waals surface area contributed by atoms with E-state index in [1.165, 1.54) is 12.8 Å². The predicted octanol–water partition coefficient (Wildman–Crippen LogP) is 2.81. The van der Waals surface area contributed by atoms with Gasteiger partial charge in [-0.25, -0.2) is 0 Å². The van der Waals surface area contributed by atoms with Crippen molar-refractivity contribution in [1.82, 2.24) is 14.5 Å². The topological polar surface area (TPSA) is 42.4 Å². The van der Waals surface area contributed by atoms with Gasteiger partial charge in [0.05, 0.1) is 25.3 Å². The number of methoxy groups -OCH3 is 2. The number of nitrogens with one attached hydrogen (secondary N) is 1. The molecule has 0 aliphatic heterocycles. The van der Waals surface area contributed by atoms with Gasteiger partial charge in [-0.1, -0.05) is 0 Å². The van der Waals surface area contributed by atoms with Crippen molar-refractivity contribution < 1.29 is 9.47 Å². The van der Waals surface area contributed by atoms with Crippen molar-refractivity contribution in [3.8, 4) is 11.5 Å². The van der Waals surface area contributed by atoms with Crippen LogP contribution in [0.25, 0.3) is 11.0 Å². The van der Waals surface area contributed by atoms with Crippen LogP contribution in [0, 0.1) is 4.77 Å². The summed E-state index contributed by atoms with van der Waals surface area (Å²) in [6, 6.07) is 4.68. The summed E-state index contributed by atoms with van der Waals surface area (Å²) in [6.07, 6.45) is 2.64. The highest BCUT2D eigenvalue weighted by molar-refractivity contribution is 7.71. The summed E-state index contributed by atoms with van der Waals surface area (Å²) in [5, 5.41) is 0. The Morgan fingerprint density at radius 2 is 1.95 bits per heavy atom. The zero-order chi connectivity index (χ0) is 15.0. The Morgan fingerprint density at radius 3 is 2.57 bits per heavy atom. The van der Waals surface area contributed by atoms with Crippen molar-refractivity contribution in [3.05, 3.63) is 16.9 Å². The molecule has 0 bridgehead atoms. The number of ether oxygens (including phenoxy) is 2. The molecule has 114 valence electrons. The number of nitrogens with zero attached hydrogens (tertiary/aromatic N) is 2. The fourth-order valence-corrected chi connectivity index (χ4v) is 2.96. The second kappa shape index (κ2) is 5.69. The van der Waals surface area contributed by atoms with Crippen molar-refractivity contribution in [2.24, 2.45) is 0 Å². The molecule has 1 fully saturated rings. The number of H-pyrrole nitrogens is 1. The van der Waals surface area contributed by atoms with Crippen molar-refractivity contribution in [1.29, 1.82) is 0 Å². The average molecular weight is 307 g/mol. The molecular weight excluding hydrogens is 286 g/mol. The molecule has 2 aromatic rings. The molecule has 1 aromatic carbocycles. The minimum atomic E-state index is 0.712. The van der Waals surface area contributed by atoms with Crippen LogP contribution in [0.3, 0.4) is 0 Å². The lowest BCUT2D eigenvalue weighted by molar-refractivity contribution is 0.310. The van der Waals surface area contributed by atoms with Crippen molar-refractivity contribution in [3.63, 3.8) is 0 Å². The molecule has 0 unspecified atom stereocenters. The SMILES string of the molecule is COc1cc2[nH]c(=S)n(CCN(C)C3CC3)c2cc1OC. The monoisotopic (exact) mass is 307 g/mol. The molecule has 0 saturated heterocycles. The lowest BCUT2D eigenvalue weighted by Crippen LogP contribution is -2.25. The number of aromatic nitrogens is 2. The predicted molar refractivity (Wildman–Crippen MR) is 85.9 cm³/mol. The van der Waals surface area contributed by atoms with Gasteiger partial charge in [0.1, 0.15) is 0 Å². The third-order valence-corrected chi connectivity index (χ3v) is 4.45. The Labute approximate surface area is 129 Å². The number of likely N-dealkylation sites (N-methyl/N-ethyl adjacent to an activating group) is 1. The maximum absolute atomic E-state index is 5.45. The number of rotatable bonds is 6. The maximum atomic E-state index is 5.45. The molecular formula is C15H21N3O2S. The maximum Gasteiger partial charge on any atom is 0.178 e. The molecule has 1 N–H and O–H groups in total. The summed E-state index contributed by atoms with van der Waals surface area (Å²) in [7, 11) is 5.47. The molecule has 1 aromatic heterocycles. The molecule has 1 aliphatic rings. The van der Waals surface area contributed by atoms with Gasteiger partial charge in [0.25, 0.3) is 0 Å². The molecule has 1 heterocycles. The molecule has 0 spiro atoms. The van der Waals surface area contributed by atoms with Gasteiger partial charge in [0.15, 0.2) is 16.3 Å². The number of hydrogen-bond donors (Lipinski definition) is 1. The van der Waals surface area contributed by atoms with Gasteiger partial charge in [-0.3, -0.25) is 0 Å². The first-order valence-electron chi connectivity index (χ1n) is 7.19. The van der Waals surface area contributed by atoms with Crippen molar-refractivity contribution in [2.75, 3.05) is 27.8 Å². The van der Waals surface area contributed by atoms with Crippen LogP contribution in [0.15, 0.2) is 12.1 Å². The highest BCUT2D eigenvalue weighted by Crippen LogP contribution is 2.32. The average Bonchev–Trinajstić information content (AvgIpc) is 3.28. The van der Waals surface area contributed by atoms with Gasteiger partial charge in [-0.2, -0.15) is 0 Å². The van der Waals surface area contributed by atoms with Crippen LogP contribution in [0.2, 0.25) is 0 Å². The van der Waals surface area contributed by atoms with E-state index in [2.05, 4.69) is 21.5 Å². The summed E-state index contributed by atoms with van der Waals surface area (Å²) < 4.78 is 13.6. The Hall–Kier alpha value is -1.53. The third-order valence-electron chi connectivity index (χ3n) is 4.13. The van der Waals surface area contributed by atoms with Crippen LogP contribution in [0.1, 0.15) is 12.8 Å². The van der Waals surface area contributed by atoms with Gasteiger partial charge in [0.2, 0.25) is 0 Å². The minimum absolute atomic E-state index is 0.712. The molecule has 1 aliphatic carbocycles. The van der Waals surface area contributed by atoms with Gasteiger partial charge < -0.3 is 23.9 Å². The van der Waals surface area contributed by atoms with E-state index in [0.717, 1.165) is 40.7 Å². The first-order chi connectivity index (χ1) is 10.1. The zero-order valence-electron chi connectivity index (χ0n) is 12.7. The van der Waals surface area contributed by atoms with Crippen LogP contribution >= 0.6 is 12.2 Å². The fourth-order valence-electron chi connectivity index (χ4n) is 2.66. The number of aromatic amines is 1. The summed E-state index contributed by atoms with van der Waals surface area (Å²) in [5.74, 6) is 1.44. The summed E-state index contributed by atoms with van der Waals surface area (Å²) >= 11 is 5.45. The van der Waals surface area contributed by atoms with Gasteiger partial charge in [-0.15, -0.1) is 0 Å². The molecule has 1 saturated carbocycles. The summed E-state index contributed by atoms with van der Waals surface area (Å²) in [6.45, 7) is 1.88. The lowest BCUT2D eigenvalue weighted by Gasteiger charge is -2.16. The van der Waals surface area contributed by atoms with E-state index in [4.69, 9.17) is 21.7 Å². The molecule has 3 rings (SSSR count). The van der Waals surface area contributed by atoms with Crippen molar-refractivity contribution >= 4 is 23.3 Å². The molecule has 6 heteroatoms. The number of benzene rings is 1. The second-order valence-corrected chi connectivity index (χ2v) is 5.90. The van der Waals surface area contributed by atoms with Crippen LogP contribution < -0.4 is 9.47 Å². The van der Waals surface area contributed by atoms with Crippen molar-refractivity contribution in [2.45, 2.75) is 25.4 Å². The van der Waals surface area contributed by atoms with Gasteiger partial charge >= 0.3 is 0 Å². The first-order valence-corrected chi connectivity index (χ1v) is 7.59. The van der Waals surface area contributed by atoms with E-state index in [9.17, 15) is 0 Å². The Balaban J connectivity index is 1.93. The summed E-state index contributed by atoms with van der Waals surface area (Å²) in [4.78, 5) is 5.65. The summed E-state index contributed by atoms with van der Waals surface area (Å²) in [5.41, 5.74) is 2.04. The van der Waals surface area contributed by atoms with E-state index in [0.29, 0.717) is 5.75 Å². The third kappa shape index (κ3) is 2.78. The molecule has 5 nitrogen and oxygen atoms in total. The second-order valence-electron chi connectivity index (χ2n) is 5.52. The quantitative estimate of drug-likeness (QED) is 0.833. The molecule has 21 heavy (non-hydrogen) atoms. The Morgan fingerprint density at radius 1 is 1.29 bits per heavy atom.